The van der Waals surface area contributed by atoms with Gasteiger partial charge in [-0.1, -0.05) is 0 Å². The van der Waals surface area contributed by atoms with Crippen LogP contribution >= 0.6 is 0 Å². The lowest BCUT2D eigenvalue weighted by Gasteiger charge is -2.38. The molecule has 0 aromatic rings. The third-order valence-electron chi connectivity index (χ3n) is 2.36. The zero-order chi connectivity index (χ0) is 8.55. The molecule has 1 atom stereocenters. The van der Waals surface area contributed by atoms with Gasteiger partial charge in [0.25, 0.3) is 5.91 Å². The van der Waals surface area contributed by atoms with Crippen molar-refractivity contribution in [2.75, 3.05) is 6.54 Å². The molecule has 2 heterocycles. The molecule has 2 N–H and O–H groups in total. The van der Waals surface area contributed by atoms with Crippen LogP contribution in [0.1, 0.15) is 19.3 Å². The monoisotopic (exact) mass is 169 g/mol. The number of fused-ring (bicyclic) bond motifs is 1. The Morgan fingerprint density at radius 3 is 2.83 bits per heavy atom. The van der Waals surface area contributed by atoms with Gasteiger partial charge < -0.3 is 4.90 Å². The number of rotatable bonds is 0. The second-order valence-electron chi connectivity index (χ2n) is 3.12. The van der Waals surface area contributed by atoms with Crippen molar-refractivity contribution in [2.45, 2.75) is 25.3 Å². The summed E-state index contributed by atoms with van der Waals surface area (Å²) >= 11 is 0. The summed E-state index contributed by atoms with van der Waals surface area (Å²) in [4.78, 5) is 24.0. The summed E-state index contributed by atoms with van der Waals surface area (Å²) in [5.74, 6) is -0.0886. The number of piperidine rings is 1. The molecule has 0 aliphatic carbocycles. The van der Waals surface area contributed by atoms with Crippen LogP contribution in [0.15, 0.2) is 0 Å². The van der Waals surface area contributed by atoms with Crippen LogP contribution in [-0.2, 0) is 4.79 Å². The number of urea groups is 1. The van der Waals surface area contributed by atoms with Crippen LogP contribution in [0.25, 0.3) is 0 Å². The van der Waals surface area contributed by atoms with E-state index in [4.69, 9.17) is 0 Å². The second-order valence-corrected chi connectivity index (χ2v) is 3.12. The van der Waals surface area contributed by atoms with Crippen molar-refractivity contribution in [3.8, 4) is 0 Å². The van der Waals surface area contributed by atoms with Crippen molar-refractivity contribution >= 4 is 11.9 Å². The SMILES string of the molecule is O=C1NNC(=O)N2CCCCC12. The second kappa shape index (κ2) is 2.66. The fourth-order valence-corrected chi connectivity index (χ4v) is 1.72. The van der Waals surface area contributed by atoms with E-state index in [0.717, 1.165) is 19.3 Å². The zero-order valence-corrected chi connectivity index (χ0v) is 6.67. The third kappa shape index (κ3) is 1.01. The van der Waals surface area contributed by atoms with E-state index >= 15 is 0 Å². The van der Waals surface area contributed by atoms with Crippen molar-refractivity contribution in [3.05, 3.63) is 0 Å². The fourth-order valence-electron chi connectivity index (χ4n) is 1.72. The number of amides is 3. The summed E-state index contributed by atoms with van der Waals surface area (Å²) in [6, 6.07) is -0.410. The summed E-state index contributed by atoms with van der Waals surface area (Å²) in [5.41, 5.74) is 4.67. The van der Waals surface area contributed by atoms with Gasteiger partial charge in [-0.25, -0.2) is 10.2 Å². The maximum atomic E-state index is 11.2. The molecule has 0 aromatic heterocycles. The van der Waals surface area contributed by atoms with Gasteiger partial charge in [-0.15, -0.1) is 0 Å². The third-order valence-corrected chi connectivity index (χ3v) is 2.36. The molecule has 0 spiro atoms. The number of nitrogens with zero attached hydrogens (tertiary/aromatic N) is 1. The lowest BCUT2D eigenvalue weighted by molar-refractivity contribution is -0.129. The minimum atomic E-state index is -0.229. The molecule has 2 aliphatic rings. The van der Waals surface area contributed by atoms with Gasteiger partial charge in [0.2, 0.25) is 0 Å². The molecule has 66 valence electrons. The standard InChI is InChI=1S/C7H11N3O2/c11-6-5-3-1-2-4-10(5)7(12)9-8-6/h5H,1-4H2,(H,8,11)(H,9,12). The van der Waals surface area contributed by atoms with Crippen LogP contribution in [-0.4, -0.2) is 29.4 Å². The lowest BCUT2D eigenvalue weighted by Crippen LogP contribution is -2.65. The van der Waals surface area contributed by atoms with E-state index < -0.39 is 0 Å². The minimum Gasteiger partial charge on any atom is -0.311 e. The van der Waals surface area contributed by atoms with Crippen molar-refractivity contribution in [1.82, 2.24) is 15.8 Å². The van der Waals surface area contributed by atoms with Gasteiger partial charge in [-0.2, -0.15) is 0 Å². The van der Waals surface area contributed by atoms with E-state index in [1.807, 2.05) is 0 Å². The number of carbonyl (C=O) groups excluding carboxylic acids is 2. The van der Waals surface area contributed by atoms with Gasteiger partial charge in [0.15, 0.2) is 0 Å². The molecule has 2 saturated heterocycles. The highest BCUT2D eigenvalue weighted by Crippen LogP contribution is 2.18. The molecular weight excluding hydrogens is 158 g/mol. The molecule has 1 unspecified atom stereocenters. The molecule has 0 aromatic carbocycles. The zero-order valence-electron chi connectivity index (χ0n) is 6.67. The van der Waals surface area contributed by atoms with Crippen LogP contribution in [0.3, 0.4) is 0 Å². The largest absolute Gasteiger partial charge is 0.336 e. The van der Waals surface area contributed by atoms with Crippen molar-refractivity contribution in [2.24, 2.45) is 0 Å². The first-order valence-electron chi connectivity index (χ1n) is 4.15. The summed E-state index contributed by atoms with van der Waals surface area (Å²) in [5, 5.41) is 0. The Bertz CT molecular complexity index is 205. The maximum absolute atomic E-state index is 11.2. The topological polar surface area (TPSA) is 61.4 Å². The van der Waals surface area contributed by atoms with Gasteiger partial charge in [0.05, 0.1) is 0 Å². The van der Waals surface area contributed by atoms with E-state index in [2.05, 4.69) is 10.9 Å². The number of hydrogen-bond donors (Lipinski definition) is 2. The van der Waals surface area contributed by atoms with Crippen LogP contribution in [0.2, 0.25) is 0 Å². The summed E-state index contributed by atoms with van der Waals surface area (Å²) in [6.07, 6.45) is 2.82. The quantitative estimate of drug-likeness (QED) is 0.518. The maximum Gasteiger partial charge on any atom is 0.336 e. The Hall–Kier alpha value is -1.26. The van der Waals surface area contributed by atoms with Crippen LogP contribution in [0, 0.1) is 0 Å². The molecule has 12 heavy (non-hydrogen) atoms. The van der Waals surface area contributed by atoms with Crippen LogP contribution < -0.4 is 10.9 Å². The highest BCUT2D eigenvalue weighted by atomic mass is 16.2. The lowest BCUT2D eigenvalue weighted by atomic mass is 10.0. The van der Waals surface area contributed by atoms with E-state index in [1.54, 1.807) is 4.90 Å². The van der Waals surface area contributed by atoms with E-state index in [-0.39, 0.29) is 18.0 Å². The van der Waals surface area contributed by atoms with E-state index in [1.165, 1.54) is 0 Å². The molecule has 5 heteroatoms. The van der Waals surface area contributed by atoms with E-state index in [9.17, 15) is 9.59 Å². The van der Waals surface area contributed by atoms with Crippen molar-refractivity contribution in [3.63, 3.8) is 0 Å². The summed E-state index contributed by atoms with van der Waals surface area (Å²) < 4.78 is 0. The minimum absolute atomic E-state index is 0.0886. The molecule has 0 bridgehead atoms. The predicted octanol–water partition coefficient (Wildman–Crippen LogP) is -0.405. The van der Waals surface area contributed by atoms with Crippen molar-refractivity contribution in [1.29, 1.82) is 0 Å². The molecular formula is C7H11N3O2. The Morgan fingerprint density at radius 2 is 2.08 bits per heavy atom. The number of nitrogens with one attached hydrogen (secondary N) is 2. The van der Waals surface area contributed by atoms with Crippen LogP contribution in [0.5, 0.6) is 0 Å². The number of hydrazine groups is 1. The highest BCUT2D eigenvalue weighted by molar-refractivity contribution is 5.92. The normalized spacial score (nSPS) is 29.0. The smallest absolute Gasteiger partial charge is 0.311 e. The first kappa shape index (κ1) is 7.39. The van der Waals surface area contributed by atoms with E-state index in [0.29, 0.717) is 6.54 Å². The Morgan fingerprint density at radius 1 is 1.25 bits per heavy atom. The Kier molecular flexibility index (Phi) is 1.64. The predicted molar refractivity (Wildman–Crippen MR) is 41.0 cm³/mol. The highest BCUT2D eigenvalue weighted by Gasteiger charge is 2.35. The van der Waals surface area contributed by atoms with Gasteiger partial charge in [-0.3, -0.25) is 10.2 Å². The molecule has 2 rings (SSSR count). The Balaban J connectivity index is 2.16. The average molecular weight is 169 g/mol. The fraction of sp³-hybridized carbons (Fsp3) is 0.714. The van der Waals surface area contributed by atoms with Crippen LogP contribution in [0.4, 0.5) is 4.79 Å². The number of hydrogen-bond acceptors (Lipinski definition) is 2. The first-order chi connectivity index (χ1) is 5.79. The van der Waals surface area contributed by atoms with Gasteiger partial charge >= 0.3 is 6.03 Å². The molecule has 2 fully saturated rings. The van der Waals surface area contributed by atoms with Gasteiger partial charge in [0.1, 0.15) is 6.04 Å². The summed E-state index contributed by atoms with van der Waals surface area (Å²) in [6.45, 7) is 0.698. The Labute approximate surface area is 70.1 Å². The van der Waals surface area contributed by atoms with Gasteiger partial charge in [-0.05, 0) is 19.3 Å². The van der Waals surface area contributed by atoms with Crippen molar-refractivity contribution < 1.29 is 9.59 Å². The number of carbonyl (C=O) groups is 2. The first-order valence-corrected chi connectivity index (χ1v) is 4.15. The molecule has 0 radical (unpaired) electrons. The molecule has 5 nitrogen and oxygen atoms in total. The summed E-state index contributed by atoms with van der Waals surface area (Å²) in [7, 11) is 0. The average Bonchev–Trinajstić information content (AvgIpc) is 2.12. The molecule has 2 aliphatic heterocycles. The van der Waals surface area contributed by atoms with Gasteiger partial charge in [0, 0.05) is 6.54 Å². The molecule has 3 amide bonds. The molecule has 0 saturated carbocycles.